The van der Waals surface area contributed by atoms with E-state index < -0.39 is 0 Å². The fourth-order valence-corrected chi connectivity index (χ4v) is 3.44. The number of nitrogens with zero attached hydrogens (tertiary/aromatic N) is 1. The minimum atomic E-state index is -0.323. The minimum Gasteiger partial charge on any atom is -0.345 e. The van der Waals surface area contributed by atoms with E-state index >= 15 is 0 Å². The molecule has 2 amide bonds. The molecule has 2 aromatic carbocycles. The van der Waals surface area contributed by atoms with Crippen molar-refractivity contribution in [3.8, 4) is 0 Å². The minimum absolute atomic E-state index is 0.170. The Bertz CT molecular complexity index is 939. The van der Waals surface area contributed by atoms with Crippen molar-refractivity contribution in [3.05, 3.63) is 87.9 Å². The molecule has 0 bridgehead atoms. The Morgan fingerprint density at radius 3 is 2.41 bits per heavy atom. The number of para-hydroxylation sites is 1. The van der Waals surface area contributed by atoms with Crippen LogP contribution in [-0.2, 0) is 0 Å². The van der Waals surface area contributed by atoms with E-state index in [0.29, 0.717) is 16.1 Å². The highest BCUT2D eigenvalue weighted by Crippen LogP contribution is 2.23. The van der Waals surface area contributed by atoms with E-state index in [1.54, 1.807) is 49.5 Å². The van der Waals surface area contributed by atoms with Gasteiger partial charge >= 0.3 is 0 Å². The average molecular weight is 382 g/mol. The average Bonchev–Trinajstić information content (AvgIpc) is 3.22. The number of carbonyl (C=O) groups excluding carboxylic acids is 2. The highest BCUT2D eigenvalue weighted by Gasteiger charge is 2.21. The molecule has 4 nitrogen and oxygen atoms in total. The van der Waals surface area contributed by atoms with Gasteiger partial charge in [0.25, 0.3) is 11.8 Å². The lowest BCUT2D eigenvalue weighted by Crippen LogP contribution is -2.31. The fourth-order valence-electron chi connectivity index (χ4n) is 2.74. The third-order valence-electron chi connectivity index (χ3n) is 4.26. The number of nitrogens with one attached hydrogen (secondary N) is 1. The van der Waals surface area contributed by atoms with E-state index in [0.717, 1.165) is 5.56 Å². The Hall–Kier alpha value is -2.99. The second-order valence-corrected chi connectivity index (χ2v) is 7.05. The van der Waals surface area contributed by atoms with Crippen LogP contribution in [0.4, 0.5) is 10.1 Å². The van der Waals surface area contributed by atoms with Crippen molar-refractivity contribution in [2.45, 2.75) is 13.0 Å². The molecule has 0 saturated carbocycles. The lowest BCUT2D eigenvalue weighted by molar-refractivity contribution is 0.0940. The summed E-state index contributed by atoms with van der Waals surface area (Å²) >= 11 is 1.35. The van der Waals surface area contributed by atoms with Crippen LogP contribution in [0.5, 0.6) is 0 Å². The number of hydrogen-bond acceptors (Lipinski definition) is 3. The van der Waals surface area contributed by atoms with Crippen LogP contribution in [0, 0.1) is 5.82 Å². The molecule has 0 aliphatic heterocycles. The maximum absolute atomic E-state index is 13.1. The summed E-state index contributed by atoms with van der Waals surface area (Å²) in [5.41, 5.74) is 1.73. The summed E-state index contributed by atoms with van der Waals surface area (Å²) in [5, 5.41) is 4.74. The molecule has 0 spiro atoms. The molecule has 6 heteroatoms. The Balaban J connectivity index is 1.81. The molecule has 0 saturated heterocycles. The molecule has 1 N–H and O–H groups in total. The molecule has 0 aliphatic rings. The Kier molecular flexibility index (Phi) is 5.66. The van der Waals surface area contributed by atoms with Gasteiger partial charge in [0.15, 0.2) is 0 Å². The van der Waals surface area contributed by atoms with Crippen molar-refractivity contribution in [2.75, 3.05) is 11.9 Å². The normalized spacial score (nSPS) is 11.7. The third-order valence-corrected chi connectivity index (χ3v) is 5.12. The summed E-state index contributed by atoms with van der Waals surface area (Å²) in [7, 11) is 1.65. The van der Waals surface area contributed by atoms with Gasteiger partial charge in [0.05, 0.1) is 22.2 Å². The first-order chi connectivity index (χ1) is 13.0. The molecule has 27 heavy (non-hydrogen) atoms. The Morgan fingerprint density at radius 2 is 1.74 bits per heavy atom. The largest absolute Gasteiger partial charge is 0.345 e. The first-order valence-corrected chi connectivity index (χ1v) is 9.32. The lowest BCUT2D eigenvalue weighted by Gasteiger charge is -2.21. The molecular weight excluding hydrogens is 363 g/mol. The number of carbonyl (C=O) groups is 2. The summed E-state index contributed by atoms with van der Waals surface area (Å²) in [6.45, 7) is 1.83. The van der Waals surface area contributed by atoms with E-state index in [1.807, 2.05) is 18.4 Å². The van der Waals surface area contributed by atoms with Gasteiger partial charge in [-0.15, -0.1) is 11.3 Å². The van der Waals surface area contributed by atoms with Gasteiger partial charge in [0.2, 0.25) is 0 Å². The van der Waals surface area contributed by atoms with E-state index in [4.69, 9.17) is 0 Å². The lowest BCUT2D eigenvalue weighted by atomic mass is 10.1. The predicted molar refractivity (Wildman–Crippen MR) is 106 cm³/mol. The van der Waals surface area contributed by atoms with Crippen LogP contribution in [0.25, 0.3) is 0 Å². The van der Waals surface area contributed by atoms with E-state index in [1.165, 1.54) is 28.4 Å². The van der Waals surface area contributed by atoms with Crippen LogP contribution >= 0.6 is 11.3 Å². The summed E-state index contributed by atoms with van der Waals surface area (Å²) in [6, 6.07) is 16.2. The van der Waals surface area contributed by atoms with E-state index in [-0.39, 0.29) is 23.7 Å². The molecular formula is C21H19FN2O2S. The fraction of sp³-hybridized carbons (Fsp3) is 0.143. The first-order valence-electron chi connectivity index (χ1n) is 8.44. The number of rotatable bonds is 5. The van der Waals surface area contributed by atoms with Crippen molar-refractivity contribution in [3.63, 3.8) is 0 Å². The zero-order valence-electron chi connectivity index (χ0n) is 15.0. The highest BCUT2D eigenvalue weighted by molar-refractivity contribution is 7.12. The molecule has 0 radical (unpaired) electrons. The van der Waals surface area contributed by atoms with Crippen molar-refractivity contribution >= 4 is 28.8 Å². The van der Waals surface area contributed by atoms with Gasteiger partial charge in [0.1, 0.15) is 5.82 Å². The zero-order chi connectivity index (χ0) is 19.4. The van der Waals surface area contributed by atoms with Crippen molar-refractivity contribution in [2.24, 2.45) is 0 Å². The van der Waals surface area contributed by atoms with Crippen LogP contribution < -0.4 is 10.2 Å². The predicted octanol–water partition coefficient (Wildman–Crippen LogP) is 4.65. The van der Waals surface area contributed by atoms with Gasteiger partial charge in [-0.25, -0.2) is 4.39 Å². The van der Waals surface area contributed by atoms with Gasteiger partial charge in [-0.2, -0.15) is 0 Å². The van der Waals surface area contributed by atoms with E-state index in [2.05, 4.69) is 5.32 Å². The van der Waals surface area contributed by atoms with Gasteiger partial charge in [-0.1, -0.05) is 30.3 Å². The molecule has 1 atom stereocenters. The van der Waals surface area contributed by atoms with Crippen molar-refractivity contribution in [1.82, 2.24) is 5.32 Å². The van der Waals surface area contributed by atoms with Crippen LogP contribution in [0.1, 0.15) is 38.6 Å². The number of benzene rings is 2. The van der Waals surface area contributed by atoms with Crippen LogP contribution in [-0.4, -0.2) is 18.9 Å². The number of anilines is 1. The summed E-state index contributed by atoms with van der Waals surface area (Å²) in [4.78, 5) is 27.5. The zero-order valence-corrected chi connectivity index (χ0v) is 15.8. The first kappa shape index (κ1) is 18.8. The van der Waals surface area contributed by atoms with Gasteiger partial charge in [0, 0.05) is 7.05 Å². The summed E-state index contributed by atoms with van der Waals surface area (Å²) < 4.78 is 13.1. The van der Waals surface area contributed by atoms with Crippen LogP contribution in [0.2, 0.25) is 0 Å². The molecule has 1 heterocycles. The molecule has 0 fully saturated rings. The maximum atomic E-state index is 13.1. The Labute approximate surface area is 161 Å². The number of halogens is 1. The summed E-state index contributed by atoms with van der Waals surface area (Å²) in [6.07, 6.45) is 0. The van der Waals surface area contributed by atoms with Gasteiger partial charge < -0.3 is 10.2 Å². The Morgan fingerprint density at radius 1 is 1.04 bits per heavy atom. The van der Waals surface area contributed by atoms with Gasteiger partial charge in [-0.05, 0) is 48.2 Å². The second-order valence-electron chi connectivity index (χ2n) is 6.11. The maximum Gasteiger partial charge on any atom is 0.268 e. The van der Waals surface area contributed by atoms with Crippen LogP contribution in [0.3, 0.4) is 0 Å². The summed E-state index contributed by atoms with van der Waals surface area (Å²) in [5.74, 6) is -0.790. The number of amides is 2. The van der Waals surface area contributed by atoms with Gasteiger partial charge in [-0.3, -0.25) is 9.59 Å². The molecule has 3 rings (SSSR count). The van der Waals surface area contributed by atoms with E-state index in [9.17, 15) is 14.0 Å². The van der Waals surface area contributed by atoms with Crippen LogP contribution in [0.15, 0.2) is 66.0 Å². The SMILES string of the molecule is CC(NC(=O)c1ccccc1N(C)C(=O)c1cccs1)c1ccc(F)cc1. The molecule has 138 valence electrons. The van der Waals surface area contributed by atoms with Crippen molar-refractivity contribution in [1.29, 1.82) is 0 Å². The monoisotopic (exact) mass is 382 g/mol. The smallest absolute Gasteiger partial charge is 0.268 e. The standard InChI is InChI=1S/C21H19FN2O2S/c1-14(15-9-11-16(22)12-10-15)23-20(25)17-6-3-4-7-18(17)24(2)21(26)19-8-5-13-27-19/h3-14H,1-2H3,(H,23,25). The highest BCUT2D eigenvalue weighted by atomic mass is 32.1. The third kappa shape index (κ3) is 4.23. The molecule has 1 unspecified atom stereocenters. The second kappa shape index (κ2) is 8.14. The topological polar surface area (TPSA) is 49.4 Å². The molecule has 0 aliphatic carbocycles. The van der Waals surface area contributed by atoms with Crippen molar-refractivity contribution < 1.29 is 14.0 Å². The molecule has 1 aromatic heterocycles. The number of thiophene rings is 1. The number of hydrogen-bond donors (Lipinski definition) is 1. The molecule has 3 aromatic rings. The quantitative estimate of drug-likeness (QED) is 0.698.